The molecule has 5 rings (SSSR count). The van der Waals surface area contributed by atoms with Gasteiger partial charge in [0.05, 0.1) is 5.92 Å². The fourth-order valence-electron chi connectivity index (χ4n) is 5.64. The predicted molar refractivity (Wildman–Crippen MR) is 121 cm³/mol. The summed E-state index contributed by atoms with van der Waals surface area (Å²) in [5.41, 5.74) is 3.87. The molecule has 0 spiro atoms. The Labute approximate surface area is 183 Å². The van der Waals surface area contributed by atoms with E-state index < -0.39 is 0 Å². The lowest BCUT2D eigenvalue weighted by molar-refractivity contribution is -0.136. The minimum absolute atomic E-state index is 0.0129. The van der Waals surface area contributed by atoms with E-state index in [1.165, 1.54) is 26.9 Å². The molecule has 0 radical (unpaired) electrons. The average Bonchev–Trinajstić information content (AvgIpc) is 3.21. The number of piperidine rings is 1. The molecule has 3 aliphatic rings. The number of imide groups is 1. The van der Waals surface area contributed by atoms with Gasteiger partial charge in [0.1, 0.15) is 0 Å². The normalized spacial score (nSPS) is 25.6. The molecule has 31 heavy (non-hydrogen) atoms. The lowest BCUT2D eigenvalue weighted by atomic mass is 9.72. The van der Waals surface area contributed by atoms with E-state index in [1.54, 1.807) is 11.9 Å². The number of likely N-dealkylation sites (tertiary alicyclic amines) is 1. The van der Waals surface area contributed by atoms with Gasteiger partial charge in [-0.3, -0.25) is 14.6 Å². The van der Waals surface area contributed by atoms with Crippen LogP contribution in [-0.4, -0.2) is 83.1 Å². The van der Waals surface area contributed by atoms with Crippen molar-refractivity contribution >= 4 is 22.8 Å². The van der Waals surface area contributed by atoms with Crippen LogP contribution in [0.15, 0.2) is 37.1 Å². The molecule has 0 bridgehead atoms. The molecule has 2 aliphatic heterocycles. The number of hydrogen-bond acceptors (Lipinski definition) is 4. The van der Waals surface area contributed by atoms with E-state index in [-0.39, 0.29) is 17.9 Å². The van der Waals surface area contributed by atoms with Gasteiger partial charge in [-0.1, -0.05) is 18.2 Å². The fraction of sp³-hybridized carbons (Fsp3) is 0.500. The van der Waals surface area contributed by atoms with Crippen LogP contribution in [0.4, 0.5) is 4.79 Å². The molecule has 1 aromatic heterocycles. The maximum atomic E-state index is 13.4. The van der Waals surface area contributed by atoms with E-state index >= 15 is 0 Å². The van der Waals surface area contributed by atoms with Crippen molar-refractivity contribution in [3.05, 3.63) is 48.2 Å². The minimum Gasteiger partial charge on any atom is -0.400 e. The number of fused-ring (bicyclic) bond motifs is 2. The summed E-state index contributed by atoms with van der Waals surface area (Å²) < 4.78 is 0. The highest BCUT2D eigenvalue weighted by atomic mass is 16.2. The number of urea groups is 1. The first-order chi connectivity index (χ1) is 15.1. The summed E-state index contributed by atoms with van der Waals surface area (Å²) in [6, 6.07) is 6.66. The monoisotopic (exact) mass is 424 g/mol. The van der Waals surface area contributed by atoms with E-state index in [0.717, 1.165) is 39.5 Å². The van der Waals surface area contributed by atoms with Crippen molar-refractivity contribution in [3.8, 4) is 0 Å². The highest BCUT2D eigenvalue weighted by Crippen LogP contribution is 2.45. The number of nitrogens with one attached hydrogen (secondary N) is 1. The van der Waals surface area contributed by atoms with Crippen LogP contribution in [0.1, 0.15) is 29.9 Å². The van der Waals surface area contributed by atoms with Crippen LogP contribution >= 0.6 is 0 Å². The Morgan fingerprint density at radius 3 is 2.90 bits per heavy atom. The number of amides is 3. The zero-order valence-electron chi connectivity index (χ0n) is 18.4. The van der Waals surface area contributed by atoms with Gasteiger partial charge in [-0.15, -0.1) is 6.58 Å². The van der Waals surface area contributed by atoms with Gasteiger partial charge >= 0.3 is 6.03 Å². The molecule has 0 unspecified atom stereocenters. The second-order valence-electron chi connectivity index (χ2n) is 8.68. The molecule has 2 fully saturated rings. The summed E-state index contributed by atoms with van der Waals surface area (Å²) in [7, 11) is 2.78. The van der Waals surface area contributed by atoms with E-state index in [1.807, 2.05) is 6.08 Å². The molecule has 3 heterocycles. The van der Waals surface area contributed by atoms with Crippen molar-refractivity contribution in [1.82, 2.24) is 19.7 Å². The molecule has 0 saturated carbocycles. The standard InChI is InChI=1S/C23H28N4O2.CH4O/c1-3-8-26-14-16(22(28)27-10-5-9-25(2)23(27)29)11-18-17-6-4-7-19-21(17)15(13-24-19)12-20(18)26;1-2/h3-4,6-7,13,16,18,20,24H,1,5,8-12,14H2,2H3;2H,1H3/t16-,18+,20+;/m0./s1. The predicted octanol–water partition coefficient (Wildman–Crippen LogP) is 2.58. The summed E-state index contributed by atoms with van der Waals surface area (Å²) in [6.45, 7) is 6.65. The van der Waals surface area contributed by atoms with Crippen LogP contribution in [-0.2, 0) is 11.2 Å². The number of benzene rings is 1. The van der Waals surface area contributed by atoms with Gasteiger partial charge in [0.2, 0.25) is 5.91 Å². The number of hydrogen-bond donors (Lipinski definition) is 2. The SMILES string of the molecule is C=CCN1C[C@@H](C(=O)N2CCCN(C)C2=O)C[C@@H]2c3cccc4[nH]cc(c34)C[C@H]21.CO. The molecule has 3 amide bonds. The Hall–Kier alpha value is -2.64. The molecule has 2 aromatic rings. The van der Waals surface area contributed by atoms with Crippen LogP contribution in [0.5, 0.6) is 0 Å². The summed E-state index contributed by atoms with van der Waals surface area (Å²) in [6.07, 6.45) is 6.69. The van der Waals surface area contributed by atoms with E-state index in [2.05, 4.69) is 40.9 Å². The van der Waals surface area contributed by atoms with Gasteiger partial charge in [0.25, 0.3) is 0 Å². The lowest BCUT2D eigenvalue weighted by Gasteiger charge is -2.47. The largest absolute Gasteiger partial charge is 0.400 e. The van der Waals surface area contributed by atoms with Crippen LogP contribution in [0.3, 0.4) is 0 Å². The Balaban J connectivity index is 0.00000112. The molecule has 2 saturated heterocycles. The topological polar surface area (TPSA) is 79.9 Å². The van der Waals surface area contributed by atoms with E-state index in [9.17, 15) is 9.59 Å². The zero-order valence-corrected chi connectivity index (χ0v) is 18.4. The Kier molecular flexibility index (Phi) is 6.16. The highest BCUT2D eigenvalue weighted by Gasteiger charge is 2.44. The first kappa shape index (κ1) is 21.6. The fourth-order valence-corrected chi connectivity index (χ4v) is 5.64. The molecule has 2 N–H and O–H groups in total. The molecule has 1 aliphatic carbocycles. The third-order valence-corrected chi connectivity index (χ3v) is 6.99. The van der Waals surface area contributed by atoms with Gasteiger partial charge in [0, 0.05) is 69.4 Å². The van der Waals surface area contributed by atoms with E-state index in [0.29, 0.717) is 25.0 Å². The Morgan fingerprint density at radius 2 is 2.13 bits per heavy atom. The van der Waals surface area contributed by atoms with Crippen molar-refractivity contribution in [2.45, 2.75) is 31.2 Å². The Morgan fingerprint density at radius 1 is 1.32 bits per heavy atom. The maximum absolute atomic E-state index is 13.4. The summed E-state index contributed by atoms with van der Waals surface area (Å²) in [5, 5.41) is 8.33. The first-order valence-electron chi connectivity index (χ1n) is 11.0. The summed E-state index contributed by atoms with van der Waals surface area (Å²) in [4.78, 5) is 34.9. The molecule has 7 nitrogen and oxygen atoms in total. The van der Waals surface area contributed by atoms with Crippen molar-refractivity contribution in [3.63, 3.8) is 0 Å². The third-order valence-electron chi connectivity index (χ3n) is 6.99. The molecule has 166 valence electrons. The highest BCUT2D eigenvalue weighted by molar-refractivity contribution is 5.96. The molecule has 1 aromatic carbocycles. The number of H-pyrrole nitrogens is 1. The molecule has 7 heteroatoms. The second-order valence-corrected chi connectivity index (χ2v) is 8.68. The number of carbonyl (C=O) groups is 2. The van der Waals surface area contributed by atoms with Crippen molar-refractivity contribution in [2.24, 2.45) is 5.92 Å². The first-order valence-corrected chi connectivity index (χ1v) is 11.0. The third kappa shape index (κ3) is 3.66. The maximum Gasteiger partial charge on any atom is 0.326 e. The van der Waals surface area contributed by atoms with Gasteiger partial charge in [-0.2, -0.15) is 0 Å². The van der Waals surface area contributed by atoms with Gasteiger partial charge in [0.15, 0.2) is 0 Å². The summed E-state index contributed by atoms with van der Waals surface area (Å²) in [5.74, 6) is 0.116. The van der Waals surface area contributed by atoms with Crippen molar-refractivity contribution in [2.75, 3.05) is 40.3 Å². The van der Waals surface area contributed by atoms with Crippen LogP contribution < -0.4 is 0 Å². The van der Waals surface area contributed by atoms with Gasteiger partial charge in [-0.25, -0.2) is 4.79 Å². The number of rotatable bonds is 3. The molecule has 3 atom stereocenters. The van der Waals surface area contributed by atoms with Crippen LogP contribution in [0, 0.1) is 5.92 Å². The van der Waals surface area contributed by atoms with Crippen molar-refractivity contribution < 1.29 is 14.7 Å². The second kappa shape index (κ2) is 8.85. The smallest absolute Gasteiger partial charge is 0.326 e. The number of nitrogens with zero attached hydrogens (tertiary/aromatic N) is 3. The van der Waals surface area contributed by atoms with Gasteiger partial charge < -0.3 is 15.0 Å². The van der Waals surface area contributed by atoms with Crippen LogP contribution in [0.25, 0.3) is 10.9 Å². The quantitative estimate of drug-likeness (QED) is 0.743. The molecular formula is C24H32N4O3. The average molecular weight is 425 g/mol. The minimum atomic E-state index is -0.164. The zero-order chi connectivity index (χ0) is 22.1. The molecular weight excluding hydrogens is 392 g/mol. The van der Waals surface area contributed by atoms with Crippen LogP contribution in [0.2, 0.25) is 0 Å². The van der Waals surface area contributed by atoms with E-state index in [4.69, 9.17) is 5.11 Å². The van der Waals surface area contributed by atoms with Gasteiger partial charge in [-0.05, 0) is 36.5 Å². The number of aromatic amines is 1. The number of carbonyl (C=O) groups excluding carboxylic acids is 2. The van der Waals surface area contributed by atoms with Crippen molar-refractivity contribution in [1.29, 1.82) is 0 Å². The number of aromatic nitrogens is 1. The number of aliphatic hydroxyl groups is 1. The Bertz CT molecular complexity index is 984. The summed E-state index contributed by atoms with van der Waals surface area (Å²) >= 11 is 0. The lowest BCUT2D eigenvalue weighted by Crippen LogP contribution is -2.57. The number of aliphatic hydroxyl groups excluding tert-OH is 1.